The molecule has 0 saturated heterocycles. The summed E-state index contributed by atoms with van der Waals surface area (Å²) in [5.41, 5.74) is 1.86. The smallest absolute Gasteiger partial charge is 0.270 e. The van der Waals surface area contributed by atoms with Crippen LogP contribution in [-0.2, 0) is 6.42 Å². The summed E-state index contributed by atoms with van der Waals surface area (Å²) in [6, 6.07) is 0.330. The van der Waals surface area contributed by atoms with Gasteiger partial charge < -0.3 is 5.11 Å². The van der Waals surface area contributed by atoms with Crippen LogP contribution in [0.4, 0.5) is 0 Å². The first-order valence-electron chi connectivity index (χ1n) is 7.09. The van der Waals surface area contributed by atoms with Crippen molar-refractivity contribution in [2.75, 3.05) is 6.61 Å². The van der Waals surface area contributed by atoms with Gasteiger partial charge in [0.2, 0.25) is 0 Å². The number of hydrogen-bond acceptors (Lipinski definition) is 2. The minimum Gasteiger partial charge on any atom is -0.396 e. The zero-order chi connectivity index (χ0) is 13.1. The van der Waals surface area contributed by atoms with Crippen LogP contribution in [0.5, 0.6) is 0 Å². The van der Waals surface area contributed by atoms with Gasteiger partial charge in [-0.2, -0.15) is 0 Å². The summed E-state index contributed by atoms with van der Waals surface area (Å²) in [7, 11) is 0. The lowest BCUT2D eigenvalue weighted by Crippen LogP contribution is -2.26. The number of aromatic nitrogens is 2. The van der Waals surface area contributed by atoms with Crippen molar-refractivity contribution < 1.29 is 5.11 Å². The molecule has 0 aliphatic heterocycles. The zero-order valence-electron chi connectivity index (χ0n) is 11.4. The predicted molar refractivity (Wildman–Crippen MR) is 72.1 cm³/mol. The van der Waals surface area contributed by atoms with Crippen LogP contribution in [0, 0.1) is 0 Å². The summed E-state index contributed by atoms with van der Waals surface area (Å²) in [5.74, 6) is 0.295. The van der Waals surface area contributed by atoms with E-state index >= 15 is 0 Å². The highest BCUT2D eigenvalue weighted by molar-refractivity contribution is 5.21. The second-order valence-corrected chi connectivity index (χ2v) is 5.60. The van der Waals surface area contributed by atoms with Crippen molar-refractivity contribution >= 4 is 0 Å². The summed E-state index contributed by atoms with van der Waals surface area (Å²) in [4.78, 5) is 12.4. The number of rotatable bonds is 4. The lowest BCUT2D eigenvalue weighted by Gasteiger charge is -2.22. The number of aromatic amines is 1. The van der Waals surface area contributed by atoms with Crippen LogP contribution in [0.25, 0.3) is 0 Å². The molecule has 1 aromatic heterocycles. The number of aliphatic hydroxyl groups is 1. The van der Waals surface area contributed by atoms with E-state index in [4.69, 9.17) is 5.11 Å². The van der Waals surface area contributed by atoms with E-state index in [2.05, 4.69) is 18.9 Å². The molecule has 0 spiro atoms. The molecule has 4 heteroatoms. The van der Waals surface area contributed by atoms with Crippen LogP contribution in [-0.4, -0.2) is 21.5 Å². The van der Waals surface area contributed by atoms with Gasteiger partial charge in [-0.05, 0) is 18.8 Å². The Morgan fingerprint density at radius 1 is 1.33 bits per heavy atom. The van der Waals surface area contributed by atoms with Crippen LogP contribution >= 0.6 is 0 Å². The van der Waals surface area contributed by atoms with Gasteiger partial charge >= 0.3 is 0 Å². The van der Waals surface area contributed by atoms with E-state index < -0.39 is 0 Å². The van der Waals surface area contributed by atoms with Crippen molar-refractivity contribution in [2.45, 2.75) is 64.3 Å². The van der Waals surface area contributed by atoms with Crippen LogP contribution in [0.1, 0.15) is 69.2 Å². The number of aliphatic hydroxyl groups excluding tert-OH is 1. The minimum atomic E-state index is 0.0392. The molecule has 4 nitrogen and oxygen atoms in total. The first kappa shape index (κ1) is 13.4. The summed E-state index contributed by atoms with van der Waals surface area (Å²) >= 11 is 0. The number of hydrogen-bond donors (Lipinski definition) is 2. The van der Waals surface area contributed by atoms with Gasteiger partial charge in [-0.1, -0.05) is 33.1 Å². The normalized spacial score (nSPS) is 17.6. The fraction of sp³-hybridized carbons (Fsp3) is 0.786. The number of nitrogens with zero attached hydrogens (tertiary/aromatic N) is 1. The summed E-state index contributed by atoms with van der Waals surface area (Å²) in [6.45, 7) is 4.20. The van der Waals surface area contributed by atoms with Crippen LogP contribution in [0.2, 0.25) is 0 Å². The van der Waals surface area contributed by atoms with Gasteiger partial charge in [0.15, 0.2) is 0 Å². The fourth-order valence-electron chi connectivity index (χ4n) is 2.94. The van der Waals surface area contributed by atoms with Gasteiger partial charge in [0.05, 0.1) is 6.04 Å². The van der Waals surface area contributed by atoms with Crippen molar-refractivity contribution in [3.63, 3.8) is 0 Å². The van der Waals surface area contributed by atoms with Gasteiger partial charge in [0, 0.05) is 24.3 Å². The molecular formula is C14H24N2O2. The standard InChI is InChI=1S/C14H24N2O2/c1-10(2)13-12(8-9-17)14(18)16(15-13)11-6-4-3-5-7-11/h10-11,15,17H,3-9H2,1-2H3. The third-order valence-electron chi connectivity index (χ3n) is 3.92. The molecule has 0 aromatic carbocycles. The van der Waals surface area contributed by atoms with Crippen LogP contribution in [0.15, 0.2) is 4.79 Å². The van der Waals surface area contributed by atoms with E-state index in [1.807, 2.05) is 4.68 Å². The molecule has 0 amide bonds. The van der Waals surface area contributed by atoms with Gasteiger partial charge in [-0.25, -0.2) is 4.68 Å². The van der Waals surface area contributed by atoms with E-state index in [1.54, 1.807) is 0 Å². The highest BCUT2D eigenvalue weighted by Crippen LogP contribution is 2.27. The van der Waals surface area contributed by atoms with Crippen molar-refractivity contribution in [3.05, 3.63) is 21.6 Å². The Morgan fingerprint density at radius 2 is 2.00 bits per heavy atom. The first-order valence-corrected chi connectivity index (χ1v) is 7.09. The molecule has 1 heterocycles. The molecule has 18 heavy (non-hydrogen) atoms. The zero-order valence-corrected chi connectivity index (χ0v) is 11.4. The molecule has 1 saturated carbocycles. The maximum atomic E-state index is 12.4. The quantitative estimate of drug-likeness (QED) is 0.864. The molecule has 1 aliphatic carbocycles. The molecule has 1 aliphatic rings. The molecule has 102 valence electrons. The van der Waals surface area contributed by atoms with Crippen molar-refractivity contribution in [3.8, 4) is 0 Å². The van der Waals surface area contributed by atoms with Crippen LogP contribution in [0.3, 0.4) is 0 Å². The number of H-pyrrole nitrogens is 1. The molecule has 2 rings (SSSR count). The highest BCUT2D eigenvalue weighted by atomic mass is 16.3. The summed E-state index contributed by atoms with van der Waals surface area (Å²) < 4.78 is 1.82. The molecule has 1 fully saturated rings. The number of nitrogens with one attached hydrogen (secondary N) is 1. The Kier molecular flexibility index (Phi) is 4.27. The second kappa shape index (κ2) is 5.74. The van der Waals surface area contributed by atoms with E-state index in [9.17, 15) is 4.79 Å². The lowest BCUT2D eigenvalue weighted by molar-refractivity contribution is 0.298. The molecule has 0 radical (unpaired) electrons. The fourth-order valence-corrected chi connectivity index (χ4v) is 2.94. The average molecular weight is 252 g/mol. The largest absolute Gasteiger partial charge is 0.396 e. The molecule has 0 unspecified atom stereocenters. The molecule has 0 atom stereocenters. The maximum Gasteiger partial charge on any atom is 0.270 e. The van der Waals surface area contributed by atoms with Crippen molar-refractivity contribution in [2.24, 2.45) is 0 Å². The van der Waals surface area contributed by atoms with Crippen LogP contribution < -0.4 is 5.56 Å². The molecule has 1 aromatic rings. The summed E-state index contributed by atoms with van der Waals surface area (Å²) in [6.07, 6.45) is 6.35. The SMILES string of the molecule is CC(C)c1[nH]n(C2CCCCC2)c(=O)c1CCO. The van der Waals surface area contributed by atoms with Gasteiger partial charge in [-0.3, -0.25) is 9.89 Å². The monoisotopic (exact) mass is 252 g/mol. The van der Waals surface area contributed by atoms with E-state index in [-0.39, 0.29) is 12.2 Å². The second-order valence-electron chi connectivity index (χ2n) is 5.60. The Morgan fingerprint density at radius 3 is 2.56 bits per heavy atom. The first-order chi connectivity index (χ1) is 8.65. The third-order valence-corrected chi connectivity index (χ3v) is 3.92. The van der Waals surface area contributed by atoms with E-state index in [1.165, 1.54) is 19.3 Å². The molecule has 2 N–H and O–H groups in total. The topological polar surface area (TPSA) is 58.0 Å². The molecular weight excluding hydrogens is 228 g/mol. The minimum absolute atomic E-state index is 0.0392. The van der Waals surface area contributed by atoms with Gasteiger partial charge in [0.1, 0.15) is 0 Å². The maximum absolute atomic E-state index is 12.4. The Balaban J connectivity index is 2.35. The highest BCUT2D eigenvalue weighted by Gasteiger charge is 2.22. The third kappa shape index (κ3) is 2.53. The Bertz CT molecular complexity index is 439. The lowest BCUT2D eigenvalue weighted by atomic mass is 9.96. The average Bonchev–Trinajstić information content (AvgIpc) is 2.69. The van der Waals surface area contributed by atoms with Crippen molar-refractivity contribution in [1.29, 1.82) is 0 Å². The summed E-state index contributed by atoms with van der Waals surface area (Å²) in [5, 5.41) is 12.4. The molecule has 0 bridgehead atoms. The van der Waals surface area contributed by atoms with E-state index in [0.717, 1.165) is 24.1 Å². The van der Waals surface area contributed by atoms with E-state index in [0.29, 0.717) is 18.4 Å². The Hall–Kier alpha value is -1.03. The van der Waals surface area contributed by atoms with Gasteiger partial charge in [0.25, 0.3) is 5.56 Å². The van der Waals surface area contributed by atoms with Gasteiger partial charge in [-0.15, -0.1) is 0 Å². The predicted octanol–water partition coefficient (Wildman–Crippen LogP) is 2.34. The van der Waals surface area contributed by atoms with Crippen molar-refractivity contribution in [1.82, 2.24) is 9.78 Å². The Labute approximate surface area is 108 Å².